The molecule has 0 aliphatic carbocycles. The van der Waals surface area contributed by atoms with Crippen molar-refractivity contribution in [1.82, 2.24) is 0 Å². The highest BCUT2D eigenvalue weighted by Crippen LogP contribution is 2.38. The van der Waals surface area contributed by atoms with Crippen LogP contribution in [0.1, 0.15) is 24.9 Å². The van der Waals surface area contributed by atoms with Gasteiger partial charge >= 0.3 is 0 Å². The summed E-state index contributed by atoms with van der Waals surface area (Å²) in [6.45, 7) is 5.70. The average molecular weight is 292 g/mol. The second-order valence-corrected chi connectivity index (χ2v) is 5.62. The van der Waals surface area contributed by atoms with Gasteiger partial charge in [-0.3, -0.25) is 4.79 Å². The molecule has 1 heterocycles. The molecule has 2 unspecified atom stereocenters. The highest BCUT2D eigenvalue weighted by atomic mass is 16.2. The van der Waals surface area contributed by atoms with Gasteiger partial charge in [-0.2, -0.15) is 0 Å². The van der Waals surface area contributed by atoms with E-state index in [4.69, 9.17) is 0 Å². The number of nitrogens with zero attached hydrogens (tertiary/aromatic N) is 1. The molecule has 0 saturated carbocycles. The van der Waals surface area contributed by atoms with E-state index in [0.717, 1.165) is 23.4 Å². The van der Waals surface area contributed by atoms with E-state index < -0.39 is 0 Å². The fraction of sp³-hybridized carbons (Fsp3) is 0.211. The molecule has 2 aromatic rings. The zero-order chi connectivity index (χ0) is 15.5. The molecule has 0 radical (unpaired) electrons. The maximum absolute atomic E-state index is 12.2. The minimum absolute atomic E-state index is 0.0434. The number of anilines is 2. The summed E-state index contributed by atoms with van der Waals surface area (Å²) in [5.74, 6) is -0.0434. The summed E-state index contributed by atoms with van der Waals surface area (Å²) in [4.78, 5) is 14.0. The maximum Gasteiger partial charge on any atom is 0.250 e. The number of carbonyl (C=O) groups is 1. The second-order valence-electron chi connectivity index (χ2n) is 5.62. The van der Waals surface area contributed by atoms with Crippen LogP contribution in [0.3, 0.4) is 0 Å². The van der Waals surface area contributed by atoms with Crippen LogP contribution in [0, 0.1) is 0 Å². The Balaban J connectivity index is 1.97. The first-order valence-corrected chi connectivity index (χ1v) is 7.57. The van der Waals surface area contributed by atoms with Crippen molar-refractivity contribution in [3.8, 4) is 0 Å². The number of nitrogens with one attached hydrogen (secondary N) is 1. The average Bonchev–Trinajstić information content (AvgIpc) is 2.55. The number of carbonyl (C=O) groups excluding carboxylic acids is 1. The summed E-state index contributed by atoms with van der Waals surface area (Å²) in [5.41, 5.74) is 3.22. The van der Waals surface area contributed by atoms with E-state index in [1.54, 1.807) is 0 Å². The van der Waals surface area contributed by atoms with Crippen LogP contribution in [0.2, 0.25) is 0 Å². The first-order valence-electron chi connectivity index (χ1n) is 7.57. The molecular weight excluding hydrogens is 272 g/mol. The third kappa shape index (κ3) is 2.62. The molecule has 3 rings (SSSR count). The zero-order valence-electron chi connectivity index (χ0n) is 12.7. The lowest BCUT2D eigenvalue weighted by Crippen LogP contribution is -2.43. The standard InChI is InChI=1S/C19H20N2O/c1-3-19(22)21-14(2)13-17(16-11-7-8-12-18(16)21)20-15-9-5-4-6-10-15/h3-12,14,17,20H,1,13H2,2H3. The molecule has 22 heavy (non-hydrogen) atoms. The van der Waals surface area contributed by atoms with Crippen LogP contribution < -0.4 is 10.2 Å². The number of rotatable bonds is 3. The van der Waals surface area contributed by atoms with E-state index in [2.05, 4.69) is 37.0 Å². The van der Waals surface area contributed by atoms with Gasteiger partial charge in [0.25, 0.3) is 5.91 Å². The van der Waals surface area contributed by atoms with Gasteiger partial charge in [-0.15, -0.1) is 0 Å². The van der Waals surface area contributed by atoms with Crippen LogP contribution in [0.4, 0.5) is 11.4 Å². The number of para-hydroxylation sites is 2. The molecule has 3 heteroatoms. The third-order valence-corrected chi connectivity index (χ3v) is 4.12. The lowest BCUT2D eigenvalue weighted by atomic mass is 9.91. The molecule has 1 aliphatic rings. The van der Waals surface area contributed by atoms with Crippen molar-refractivity contribution in [3.63, 3.8) is 0 Å². The van der Waals surface area contributed by atoms with Crippen LogP contribution in [0.5, 0.6) is 0 Å². The highest BCUT2D eigenvalue weighted by Gasteiger charge is 2.32. The molecule has 3 nitrogen and oxygen atoms in total. The quantitative estimate of drug-likeness (QED) is 0.862. The van der Waals surface area contributed by atoms with Gasteiger partial charge < -0.3 is 10.2 Å². The summed E-state index contributed by atoms with van der Waals surface area (Å²) in [7, 11) is 0. The minimum Gasteiger partial charge on any atom is -0.378 e. The third-order valence-electron chi connectivity index (χ3n) is 4.12. The van der Waals surface area contributed by atoms with Crippen LogP contribution in [-0.2, 0) is 4.79 Å². The summed E-state index contributed by atoms with van der Waals surface area (Å²) in [5, 5.41) is 3.58. The molecule has 2 atom stereocenters. The van der Waals surface area contributed by atoms with Crippen LogP contribution in [0.15, 0.2) is 67.3 Å². The number of amides is 1. The van der Waals surface area contributed by atoms with Gasteiger partial charge in [0.2, 0.25) is 0 Å². The first kappa shape index (κ1) is 14.4. The lowest BCUT2D eigenvalue weighted by Gasteiger charge is -2.39. The van der Waals surface area contributed by atoms with E-state index in [0.29, 0.717) is 0 Å². The normalized spacial score (nSPS) is 20.1. The summed E-state index contributed by atoms with van der Waals surface area (Å²) in [6.07, 6.45) is 2.25. The Labute approximate surface area is 131 Å². The van der Waals surface area contributed by atoms with Gasteiger partial charge in [-0.05, 0) is 43.2 Å². The topological polar surface area (TPSA) is 32.3 Å². The highest BCUT2D eigenvalue weighted by molar-refractivity contribution is 6.02. The van der Waals surface area contributed by atoms with Crippen molar-refractivity contribution < 1.29 is 4.79 Å². The SMILES string of the molecule is C=CC(=O)N1c2ccccc2C(Nc2ccccc2)CC1C. The molecule has 1 aliphatic heterocycles. The summed E-state index contributed by atoms with van der Waals surface area (Å²) in [6, 6.07) is 18.6. The van der Waals surface area contributed by atoms with Crippen molar-refractivity contribution in [1.29, 1.82) is 0 Å². The van der Waals surface area contributed by atoms with Crippen LogP contribution >= 0.6 is 0 Å². The van der Waals surface area contributed by atoms with Gasteiger partial charge in [0.15, 0.2) is 0 Å². The van der Waals surface area contributed by atoms with Crippen molar-refractivity contribution in [2.24, 2.45) is 0 Å². The van der Waals surface area contributed by atoms with Crippen molar-refractivity contribution in [3.05, 3.63) is 72.8 Å². The molecule has 1 amide bonds. The number of benzene rings is 2. The van der Waals surface area contributed by atoms with Crippen molar-refractivity contribution in [2.75, 3.05) is 10.2 Å². The Morgan fingerprint density at radius 1 is 1.18 bits per heavy atom. The van der Waals surface area contributed by atoms with Gasteiger partial charge in [0.05, 0.1) is 6.04 Å². The fourth-order valence-electron chi connectivity index (χ4n) is 3.12. The van der Waals surface area contributed by atoms with E-state index in [9.17, 15) is 4.79 Å². The molecule has 0 spiro atoms. The fourth-order valence-corrected chi connectivity index (χ4v) is 3.12. The second kappa shape index (κ2) is 6.06. The van der Waals surface area contributed by atoms with Gasteiger partial charge in [0.1, 0.15) is 0 Å². The Hall–Kier alpha value is -2.55. The zero-order valence-corrected chi connectivity index (χ0v) is 12.7. The van der Waals surface area contributed by atoms with E-state index >= 15 is 0 Å². The first-order chi connectivity index (χ1) is 10.7. The molecule has 1 N–H and O–H groups in total. The van der Waals surface area contributed by atoms with Gasteiger partial charge in [-0.1, -0.05) is 43.0 Å². The van der Waals surface area contributed by atoms with E-state index in [1.807, 2.05) is 41.3 Å². The van der Waals surface area contributed by atoms with E-state index in [-0.39, 0.29) is 18.0 Å². The molecule has 0 fully saturated rings. The molecule has 2 aromatic carbocycles. The molecular formula is C19H20N2O. The van der Waals surface area contributed by atoms with Crippen LogP contribution in [0.25, 0.3) is 0 Å². The Morgan fingerprint density at radius 3 is 2.59 bits per heavy atom. The monoisotopic (exact) mass is 292 g/mol. The Morgan fingerprint density at radius 2 is 1.86 bits per heavy atom. The van der Waals surface area contributed by atoms with Gasteiger partial charge in [-0.25, -0.2) is 0 Å². The predicted octanol–water partition coefficient (Wildman–Crippen LogP) is 4.15. The van der Waals surface area contributed by atoms with Crippen molar-refractivity contribution in [2.45, 2.75) is 25.4 Å². The van der Waals surface area contributed by atoms with Crippen LogP contribution in [-0.4, -0.2) is 11.9 Å². The molecule has 0 bridgehead atoms. The lowest BCUT2D eigenvalue weighted by molar-refractivity contribution is -0.114. The minimum atomic E-state index is -0.0434. The Kier molecular flexibility index (Phi) is 3.96. The molecule has 0 aromatic heterocycles. The Bertz CT molecular complexity index is 681. The molecule has 0 saturated heterocycles. The smallest absolute Gasteiger partial charge is 0.250 e. The van der Waals surface area contributed by atoms with E-state index in [1.165, 1.54) is 6.08 Å². The van der Waals surface area contributed by atoms with Gasteiger partial charge in [0, 0.05) is 17.4 Å². The predicted molar refractivity (Wildman–Crippen MR) is 91.0 cm³/mol. The largest absolute Gasteiger partial charge is 0.378 e. The summed E-state index contributed by atoms with van der Waals surface area (Å²) < 4.78 is 0. The summed E-state index contributed by atoms with van der Waals surface area (Å²) >= 11 is 0. The number of hydrogen-bond donors (Lipinski definition) is 1. The van der Waals surface area contributed by atoms with Crippen molar-refractivity contribution >= 4 is 17.3 Å². The molecule has 112 valence electrons. The maximum atomic E-state index is 12.2. The number of hydrogen-bond acceptors (Lipinski definition) is 2. The number of fused-ring (bicyclic) bond motifs is 1.